The molecule has 8 heteroatoms. The summed E-state index contributed by atoms with van der Waals surface area (Å²) in [5, 5.41) is 10.8. The van der Waals surface area contributed by atoms with Gasteiger partial charge in [-0.2, -0.15) is 0 Å². The van der Waals surface area contributed by atoms with Crippen LogP contribution in [0.3, 0.4) is 0 Å². The summed E-state index contributed by atoms with van der Waals surface area (Å²) in [4.78, 5) is 19.2. The van der Waals surface area contributed by atoms with Gasteiger partial charge in [0.2, 0.25) is 0 Å². The minimum absolute atomic E-state index is 0.0403. The third-order valence-corrected chi connectivity index (χ3v) is 3.57. The minimum Gasteiger partial charge on any atom is -0.358 e. The summed E-state index contributed by atoms with van der Waals surface area (Å²) in [6.07, 6.45) is 1.25. The van der Waals surface area contributed by atoms with E-state index in [-0.39, 0.29) is 5.82 Å². The molecule has 98 valence electrons. The second-order valence-corrected chi connectivity index (χ2v) is 4.74. The molecule has 0 saturated carbocycles. The number of thiocarbonyl (C=S) groups is 1. The van der Waals surface area contributed by atoms with Crippen molar-refractivity contribution in [2.75, 3.05) is 33.2 Å². The van der Waals surface area contributed by atoms with Crippen LogP contribution < -0.4 is 0 Å². The van der Waals surface area contributed by atoms with Gasteiger partial charge in [0.25, 0.3) is 5.82 Å². The van der Waals surface area contributed by atoms with Crippen LogP contribution in [-0.2, 0) is 7.05 Å². The van der Waals surface area contributed by atoms with Crippen LogP contribution in [0.15, 0.2) is 6.20 Å². The van der Waals surface area contributed by atoms with Gasteiger partial charge in [-0.15, -0.1) is 0 Å². The Morgan fingerprint density at radius 2 is 2.00 bits per heavy atom. The fourth-order valence-electron chi connectivity index (χ4n) is 1.92. The molecular weight excluding hydrogens is 254 g/mol. The Hall–Kier alpha value is -1.54. The van der Waals surface area contributed by atoms with Crippen molar-refractivity contribution in [1.29, 1.82) is 0 Å². The Bertz CT molecular complexity index is 479. The van der Waals surface area contributed by atoms with Crippen LogP contribution in [-0.4, -0.2) is 62.5 Å². The molecule has 0 amide bonds. The van der Waals surface area contributed by atoms with Gasteiger partial charge in [0.05, 0.1) is 7.05 Å². The van der Waals surface area contributed by atoms with Gasteiger partial charge in [0.15, 0.2) is 4.99 Å². The zero-order valence-electron chi connectivity index (χ0n) is 10.4. The second kappa shape index (κ2) is 4.99. The Kier molecular flexibility index (Phi) is 3.58. The first kappa shape index (κ1) is 12.9. The summed E-state index contributed by atoms with van der Waals surface area (Å²) in [6.45, 7) is 3.53. The Balaban J connectivity index is 2.16. The number of piperazine rings is 1. The smallest absolute Gasteiger partial charge is 0.342 e. The Morgan fingerprint density at radius 1 is 1.39 bits per heavy atom. The van der Waals surface area contributed by atoms with E-state index >= 15 is 0 Å². The van der Waals surface area contributed by atoms with E-state index in [1.807, 2.05) is 4.90 Å². The van der Waals surface area contributed by atoms with Crippen molar-refractivity contribution in [2.24, 2.45) is 7.05 Å². The zero-order valence-corrected chi connectivity index (χ0v) is 11.2. The van der Waals surface area contributed by atoms with Crippen molar-refractivity contribution in [1.82, 2.24) is 19.4 Å². The van der Waals surface area contributed by atoms with Crippen LogP contribution in [0.2, 0.25) is 0 Å². The maximum absolute atomic E-state index is 10.8. The average Bonchev–Trinajstić information content (AvgIpc) is 2.71. The van der Waals surface area contributed by atoms with Gasteiger partial charge in [-0.05, 0) is 12.0 Å². The van der Waals surface area contributed by atoms with Crippen LogP contribution >= 0.6 is 12.2 Å². The summed E-state index contributed by atoms with van der Waals surface area (Å²) in [7, 11) is 3.68. The molecule has 0 unspecified atom stereocenters. The van der Waals surface area contributed by atoms with Crippen molar-refractivity contribution in [2.45, 2.75) is 0 Å². The third kappa shape index (κ3) is 2.34. The average molecular weight is 269 g/mol. The third-order valence-electron chi connectivity index (χ3n) is 3.13. The molecule has 1 fully saturated rings. The van der Waals surface area contributed by atoms with E-state index < -0.39 is 4.92 Å². The second-order valence-electron chi connectivity index (χ2n) is 4.35. The predicted molar refractivity (Wildman–Crippen MR) is 70.6 cm³/mol. The molecule has 0 spiro atoms. The highest BCUT2D eigenvalue weighted by atomic mass is 32.1. The highest BCUT2D eigenvalue weighted by Gasteiger charge is 2.25. The van der Waals surface area contributed by atoms with E-state index in [1.54, 1.807) is 7.05 Å². The lowest BCUT2D eigenvalue weighted by Gasteiger charge is -2.33. The van der Waals surface area contributed by atoms with Gasteiger partial charge in [-0.3, -0.25) is 0 Å². The molecule has 1 aromatic heterocycles. The molecule has 0 N–H and O–H groups in total. The monoisotopic (exact) mass is 269 g/mol. The summed E-state index contributed by atoms with van der Waals surface area (Å²) >= 11 is 5.37. The highest BCUT2D eigenvalue weighted by molar-refractivity contribution is 7.80. The highest BCUT2D eigenvalue weighted by Crippen LogP contribution is 2.15. The number of nitro groups is 1. The molecule has 1 saturated heterocycles. The normalized spacial score (nSPS) is 16.9. The van der Waals surface area contributed by atoms with Crippen molar-refractivity contribution >= 4 is 23.0 Å². The fourth-order valence-corrected chi connectivity index (χ4v) is 2.29. The SMILES string of the molecule is CN1CCN(C(=S)c2ncc([N+](=O)[O-])n2C)CC1. The van der Waals surface area contributed by atoms with Crippen LogP contribution in [0.4, 0.5) is 5.82 Å². The van der Waals surface area contributed by atoms with Gasteiger partial charge in [0.1, 0.15) is 6.20 Å². The van der Waals surface area contributed by atoms with Gasteiger partial charge < -0.3 is 19.9 Å². The van der Waals surface area contributed by atoms with Crippen LogP contribution in [0.1, 0.15) is 5.82 Å². The number of aromatic nitrogens is 2. The van der Waals surface area contributed by atoms with Crippen LogP contribution in [0.25, 0.3) is 0 Å². The molecule has 2 rings (SSSR count). The molecule has 1 aliphatic rings. The predicted octanol–water partition coefficient (Wildman–Crippen LogP) is 0.251. The Morgan fingerprint density at radius 3 is 2.50 bits per heavy atom. The lowest BCUT2D eigenvalue weighted by molar-refractivity contribution is -0.391. The summed E-state index contributed by atoms with van der Waals surface area (Å²) < 4.78 is 1.43. The summed E-state index contributed by atoms with van der Waals surface area (Å²) in [5.74, 6) is 0.447. The van der Waals surface area contributed by atoms with Crippen molar-refractivity contribution in [3.05, 3.63) is 22.1 Å². The molecule has 18 heavy (non-hydrogen) atoms. The summed E-state index contributed by atoms with van der Waals surface area (Å²) in [5.41, 5.74) is 0. The molecule has 0 aromatic carbocycles. The van der Waals surface area contributed by atoms with E-state index in [1.165, 1.54) is 10.8 Å². The van der Waals surface area contributed by atoms with E-state index in [0.29, 0.717) is 10.8 Å². The molecule has 0 atom stereocenters. The quantitative estimate of drug-likeness (QED) is 0.435. The first-order valence-electron chi connectivity index (χ1n) is 5.64. The molecule has 0 radical (unpaired) electrons. The largest absolute Gasteiger partial charge is 0.358 e. The van der Waals surface area contributed by atoms with Crippen molar-refractivity contribution in [3.63, 3.8) is 0 Å². The maximum Gasteiger partial charge on any atom is 0.342 e. The molecule has 0 aliphatic carbocycles. The standard InChI is InChI=1S/C10H15N5O2S/c1-12-3-5-14(6-4-12)10(18)9-11-7-8(13(9)2)15(16)17/h7H,3-6H2,1-2H3. The lowest BCUT2D eigenvalue weighted by Crippen LogP contribution is -2.47. The Labute approximate surface area is 110 Å². The molecule has 1 aromatic rings. The van der Waals surface area contributed by atoms with Gasteiger partial charge in [-0.25, -0.2) is 9.55 Å². The first-order valence-corrected chi connectivity index (χ1v) is 6.05. The minimum atomic E-state index is -0.455. The number of rotatable bonds is 2. The van der Waals surface area contributed by atoms with E-state index in [4.69, 9.17) is 12.2 Å². The number of nitrogens with zero attached hydrogens (tertiary/aromatic N) is 5. The summed E-state index contributed by atoms with van der Waals surface area (Å²) in [6, 6.07) is 0. The fraction of sp³-hybridized carbons (Fsp3) is 0.600. The molecule has 1 aliphatic heterocycles. The number of likely N-dealkylation sites (N-methyl/N-ethyl adjacent to an activating group) is 1. The van der Waals surface area contributed by atoms with Gasteiger partial charge in [-0.1, -0.05) is 12.2 Å². The first-order chi connectivity index (χ1) is 8.50. The van der Waals surface area contributed by atoms with Crippen LogP contribution in [0, 0.1) is 10.1 Å². The zero-order chi connectivity index (χ0) is 13.3. The number of hydrogen-bond donors (Lipinski definition) is 0. The lowest BCUT2D eigenvalue weighted by atomic mass is 10.3. The van der Waals surface area contributed by atoms with Gasteiger partial charge in [0, 0.05) is 26.2 Å². The van der Waals surface area contributed by atoms with E-state index in [2.05, 4.69) is 16.9 Å². The van der Waals surface area contributed by atoms with Gasteiger partial charge >= 0.3 is 5.82 Å². The number of hydrogen-bond acceptors (Lipinski definition) is 5. The molecule has 2 heterocycles. The number of imidazole rings is 1. The van der Waals surface area contributed by atoms with E-state index in [0.717, 1.165) is 26.2 Å². The molecule has 7 nitrogen and oxygen atoms in total. The molecule has 0 bridgehead atoms. The van der Waals surface area contributed by atoms with Crippen molar-refractivity contribution in [3.8, 4) is 0 Å². The maximum atomic E-state index is 10.8. The molecular formula is C10H15N5O2S. The topological polar surface area (TPSA) is 67.4 Å². The van der Waals surface area contributed by atoms with Crippen LogP contribution in [0.5, 0.6) is 0 Å². The van der Waals surface area contributed by atoms with E-state index in [9.17, 15) is 10.1 Å². The van der Waals surface area contributed by atoms with Crippen molar-refractivity contribution < 1.29 is 4.92 Å².